The van der Waals surface area contributed by atoms with E-state index >= 15 is 0 Å². The van der Waals surface area contributed by atoms with Crippen molar-refractivity contribution in [3.05, 3.63) is 18.0 Å². The predicted octanol–water partition coefficient (Wildman–Crippen LogP) is 1.56. The van der Waals surface area contributed by atoms with E-state index in [1.165, 1.54) is 4.31 Å². The first kappa shape index (κ1) is 17.8. The molecule has 1 aromatic rings. The molecule has 0 saturated carbocycles. The highest BCUT2D eigenvalue weighted by atomic mass is 32.2. The van der Waals surface area contributed by atoms with E-state index in [1.807, 2.05) is 18.5 Å². The summed E-state index contributed by atoms with van der Waals surface area (Å²) in [7, 11) is -1.66. The van der Waals surface area contributed by atoms with Crippen molar-refractivity contribution in [1.29, 1.82) is 0 Å². The van der Waals surface area contributed by atoms with Crippen LogP contribution >= 0.6 is 0 Å². The molecule has 1 rings (SSSR count). The number of hydrogen-bond donors (Lipinski definition) is 1. The molecule has 0 aliphatic carbocycles. The quantitative estimate of drug-likeness (QED) is 0.556. The Labute approximate surface area is 128 Å². The van der Waals surface area contributed by atoms with E-state index in [9.17, 15) is 8.42 Å². The number of sulfonamides is 1. The maximum absolute atomic E-state index is 12.6. The summed E-state index contributed by atoms with van der Waals surface area (Å²) in [5, 5.41) is 3.27. The molecule has 0 amide bonds. The lowest BCUT2D eigenvalue weighted by atomic mass is 10.4. The molecule has 21 heavy (non-hydrogen) atoms. The SMILES string of the molecule is C#CCN(CCC)S(=O)(=O)c1cc(CNCCC)n(C)c1. The largest absolute Gasteiger partial charge is 0.352 e. The molecule has 0 atom stereocenters. The molecule has 0 aliphatic heterocycles. The third kappa shape index (κ3) is 4.60. The molecule has 0 bridgehead atoms. The van der Waals surface area contributed by atoms with Gasteiger partial charge in [0.1, 0.15) is 4.90 Å². The lowest BCUT2D eigenvalue weighted by Crippen LogP contribution is -2.32. The van der Waals surface area contributed by atoms with Gasteiger partial charge in [-0.2, -0.15) is 4.31 Å². The smallest absolute Gasteiger partial charge is 0.245 e. The van der Waals surface area contributed by atoms with Crippen molar-refractivity contribution in [2.75, 3.05) is 19.6 Å². The van der Waals surface area contributed by atoms with Crippen molar-refractivity contribution in [3.8, 4) is 12.3 Å². The van der Waals surface area contributed by atoms with E-state index in [0.29, 0.717) is 18.0 Å². The van der Waals surface area contributed by atoms with E-state index in [-0.39, 0.29) is 6.54 Å². The molecule has 0 fully saturated rings. The standard InChI is InChI=1S/C15H25N3O2S/c1-5-8-16-12-14-11-15(13-17(14)4)21(19,20)18(9-6-2)10-7-3/h2,11,13,16H,5,7-10,12H2,1,3-4H3. The first-order chi connectivity index (χ1) is 9.97. The van der Waals surface area contributed by atoms with Crippen LogP contribution in [0.5, 0.6) is 0 Å². The minimum atomic E-state index is -3.52. The third-order valence-electron chi connectivity index (χ3n) is 3.19. The molecular formula is C15H25N3O2S. The van der Waals surface area contributed by atoms with Crippen LogP contribution in [-0.2, 0) is 23.6 Å². The molecule has 0 unspecified atom stereocenters. The van der Waals surface area contributed by atoms with Crippen molar-refractivity contribution in [1.82, 2.24) is 14.2 Å². The molecule has 0 saturated heterocycles. The number of hydrogen-bond acceptors (Lipinski definition) is 3. The zero-order valence-corrected chi connectivity index (χ0v) is 13.9. The molecule has 5 nitrogen and oxygen atoms in total. The Hall–Kier alpha value is -1.29. The number of nitrogens with one attached hydrogen (secondary N) is 1. The number of aryl methyl sites for hydroxylation is 1. The monoisotopic (exact) mass is 311 g/mol. The van der Waals surface area contributed by atoms with Gasteiger partial charge in [0, 0.05) is 32.0 Å². The van der Waals surface area contributed by atoms with Gasteiger partial charge in [0.15, 0.2) is 0 Å². The Bertz CT molecular complexity index is 585. The molecule has 1 N–H and O–H groups in total. The molecule has 1 aromatic heterocycles. The summed E-state index contributed by atoms with van der Waals surface area (Å²) in [5.41, 5.74) is 0.944. The van der Waals surface area contributed by atoms with E-state index in [1.54, 1.807) is 12.3 Å². The van der Waals surface area contributed by atoms with Gasteiger partial charge in [0.25, 0.3) is 0 Å². The van der Waals surface area contributed by atoms with Crippen LogP contribution in [0.25, 0.3) is 0 Å². The summed E-state index contributed by atoms with van der Waals surface area (Å²) < 4.78 is 28.4. The van der Waals surface area contributed by atoms with Crippen LogP contribution in [0.15, 0.2) is 17.2 Å². The number of rotatable bonds is 9. The predicted molar refractivity (Wildman–Crippen MR) is 85.3 cm³/mol. The molecule has 0 aliphatic rings. The van der Waals surface area contributed by atoms with Crippen LogP contribution < -0.4 is 5.32 Å². The summed E-state index contributed by atoms with van der Waals surface area (Å²) in [6.07, 6.45) is 8.71. The van der Waals surface area contributed by atoms with E-state index in [2.05, 4.69) is 18.2 Å². The molecular weight excluding hydrogens is 286 g/mol. The van der Waals surface area contributed by atoms with Crippen molar-refractivity contribution < 1.29 is 8.42 Å². The van der Waals surface area contributed by atoms with Crippen molar-refractivity contribution in [2.45, 2.75) is 38.1 Å². The van der Waals surface area contributed by atoms with Crippen LogP contribution in [0.2, 0.25) is 0 Å². The fourth-order valence-corrected chi connectivity index (χ4v) is 3.61. The maximum atomic E-state index is 12.6. The van der Waals surface area contributed by atoms with Gasteiger partial charge in [-0.15, -0.1) is 6.42 Å². The van der Waals surface area contributed by atoms with Crippen molar-refractivity contribution in [2.24, 2.45) is 7.05 Å². The van der Waals surface area contributed by atoms with Gasteiger partial charge < -0.3 is 9.88 Å². The highest BCUT2D eigenvalue weighted by Gasteiger charge is 2.24. The minimum absolute atomic E-state index is 0.106. The van der Waals surface area contributed by atoms with Gasteiger partial charge in [-0.1, -0.05) is 19.8 Å². The van der Waals surface area contributed by atoms with E-state index in [0.717, 1.165) is 25.1 Å². The molecule has 0 spiro atoms. The summed E-state index contributed by atoms with van der Waals surface area (Å²) in [6, 6.07) is 1.72. The second-order valence-corrected chi connectivity index (χ2v) is 6.94. The highest BCUT2D eigenvalue weighted by molar-refractivity contribution is 7.89. The number of aromatic nitrogens is 1. The lowest BCUT2D eigenvalue weighted by Gasteiger charge is -2.18. The van der Waals surface area contributed by atoms with Gasteiger partial charge in [0.05, 0.1) is 6.54 Å². The van der Waals surface area contributed by atoms with Crippen LogP contribution in [0.4, 0.5) is 0 Å². The fraction of sp³-hybridized carbons (Fsp3) is 0.600. The minimum Gasteiger partial charge on any atom is -0.352 e. The third-order valence-corrected chi connectivity index (χ3v) is 5.00. The average molecular weight is 311 g/mol. The van der Waals surface area contributed by atoms with Crippen molar-refractivity contribution >= 4 is 10.0 Å². The van der Waals surface area contributed by atoms with Crippen LogP contribution in [0, 0.1) is 12.3 Å². The summed E-state index contributed by atoms with van der Waals surface area (Å²) in [5.74, 6) is 2.42. The number of terminal acetylenes is 1. The van der Waals surface area contributed by atoms with Crippen LogP contribution in [-0.4, -0.2) is 36.9 Å². The molecule has 0 radical (unpaired) electrons. The molecule has 1 heterocycles. The first-order valence-electron chi connectivity index (χ1n) is 7.26. The second kappa shape index (κ2) is 8.23. The maximum Gasteiger partial charge on any atom is 0.245 e. The summed E-state index contributed by atoms with van der Waals surface area (Å²) in [6.45, 7) is 6.13. The molecule has 118 valence electrons. The van der Waals surface area contributed by atoms with E-state index < -0.39 is 10.0 Å². The summed E-state index contributed by atoms with van der Waals surface area (Å²) >= 11 is 0. The Kier molecular flexibility index (Phi) is 6.96. The summed E-state index contributed by atoms with van der Waals surface area (Å²) in [4.78, 5) is 0.307. The van der Waals surface area contributed by atoms with Gasteiger partial charge >= 0.3 is 0 Å². The van der Waals surface area contributed by atoms with Gasteiger partial charge in [-0.3, -0.25) is 0 Å². The topological polar surface area (TPSA) is 54.3 Å². The Morgan fingerprint density at radius 1 is 1.38 bits per heavy atom. The lowest BCUT2D eigenvalue weighted by molar-refractivity contribution is 0.445. The van der Waals surface area contributed by atoms with E-state index in [4.69, 9.17) is 6.42 Å². The Balaban J connectivity index is 2.97. The normalized spacial score (nSPS) is 11.8. The fourth-order valence-electron chi connectivity index (χ4n) is 2.07. The zero-order valence-electron chi connectivity index (χ0n) is 13.1. The first-order valence-corrected chi connectivity index (χ1v) is 8.70. The van der Waals surface area contributed by atoms with Crippen LogP contribution in [0.3, 0.4) is 0 Å². The van der Waals surface area contributed by atoms with Gasteiger partial charge in [-0.25, -0.2) is 8.42 Å². The number of nitrogens with zero attached hydrogens (tertiary/aromatic N) is 2. The zero-order chi connectivity index (χ0) is 15.9. The highest BCUT2D eigenvalue weighted by Crippen LogP contribution is 2.18. The second-order valence-electron chi connectivity index (χ2n) is 5.00. The Morgan fingerprint density at radius 3 is 2.67 bits per heavy atom. The van der Waals surface area contributed by atoms with Crippen molar-refractivity contribution in [3.63, 3.8) is 0 Å². The molecule has 0 aromatic carbocycles. The van der Waals surface area contributed by atoms with Gasteiger partial charge in [0.2, 0.25) is 10.0 Å². The van der Waals surface area contributed by atoms with Gasteiger partial charge in [-0.05, 0) is 25.5 Å². The average Bonchev–Trinajstić information content (AvgIpc) is 2.81. The van der Waals surface area contributed by atoms with Crippen LogP contribution in [0.1, 0.15) is 32.4 Å². The molecule has 6 heteroatoms. The Morgan fingerprint density at radius 2 is 2.10 bits per heavy atom.